The number of ether oxygens (including phenoxy) is 1. The Kier molecular flexibility index (Phi) is 5.48. The highest BCUT2D eigenvalue weighted by Gasteiger charge is 2.38. The smallest absolute Gasteiger partial charge is 0.0591 e. The Hall–Kier alpha value is -0.570. The Morgan fingerprint density at radius 2 is 2.15 bits per heavy atom. The maximum atomic E-state index is 6.15. The van der Waals surface area contributed by atoms with E-state index in [1.54, 1.807) is 0 Å². The van der Waals surface area contributed by atoms with Crippen LogP contribution >= 0.6 is 11.6 Å². The first-order valence-corrected chi connectivity index (χ1v) is 8.02. The molecule has 1 aromatic carbocycles. The van der Waals surface area contributed by atoms with Crippen LogP contribution in [0.2, 0.25) is 5.02 Å². The lowest BCUT2D eigenvalue weighted by molar-refractivity contribution is 0.125. The number of rotatable bonds is 7. The highest BCUT2D eigenvalue weighted by Crippen LogP contribution is 2.45. The summed E-state index contributed by atoms with van der Waals surface area (Å²) in [6, 6.07) is 6.64. The fourth-order valence-electron chi connectivity index (χ4n) is 3.02. The van der Waals surface area contributed by atoms with Crippen molar-refractivity contribution in [3.8, 4) is 0 Å². The summed E-state index contributed by atoms with van der Waals surface area (Å²) in [6.45, 7) is 9.36. The van der Waals surface area contributed by atoms with E-state index in [-0.39, 0.29) is 5.41 Å². The number of nitrogens with one attached hydrogen (secondary N) is 1. The third-order valence-electron chi connectivity index (χ3n) is 4.08. The number of hydrogen-bond donors (Lipinski definition) is 1. The SMILES string of the molecule is CCCCOCCNC1c2cc(Cl)ccc2CC1(C)C. The fraction of sp³-hybridized carbons (Fsp3) is 0.647. The van der Waals surface area contributed by atoms with Crippen molar-refractivity contribution in [3.05, 3.63) is 34.3 Å². The van der Waals surface area contributed by atoms with Crippen LogP contribution in [0, 0.1) is 5.41 Å². The lowest BCUT2D eigenvalue weighted by Crippen LogP contribution is -2.33. The van der Waals surface area contributed by atoms with Gasteiger partial charge in [-0.05, 0) is 41.5 Å². The van der Waals surface area contributed by atoms with E-state index in [2.05, 4.69) is 38.2 Å². The summed E-state index contributed by atoms with van der Waals surface area (Å²) in [7, 11) is 0. The Morgan fingerprint density at radius 3 is 2.90 bits per heavy atom. The first-order valence-electron chi connectivity index (χ1n) is 7.64. The van der Waals surface area contributed by atoms with E-state index in [1.807, 2.05) is 6.07 Å². The second-order valence-electron chi connectivity index (χ2n) is 6.36. The van der Waals surface area contributed by atoms with E-state index >= 15 is 0 Å². The molecule has 2 rings (SSSR count). The predicted molar refractivity (Wildman–Crippen MR) is 85.4 cm³/mol. The van der Waals surface area contributed by atoms with Crippen LogP contribution in [-0.2, 0) is 11.2 Å². The Labute approximate surface area is 127 Å². The average molecular weight is 296 g/mol. The molecule has 0 radical (unpaired) electrons. The van der Waals surface area contributed by atoms with Crippen molar-refractivity contribution < 1.29 is 4.74 Å². The molecule has 20 heavy (non-hydrogen) atoms. The summed E-state index contributed by atoms with van der Waals surface area (Å²) in [5, 5.41) is 4.47. The van der Waals surface area contributed by atoms with Crippen molar-refractivity contribution in [1.29, 1.82) is 0 Å². The lowest BCUT2D eigenvalue weighted by atomic mass is 9.85. The molecule has 0 fully saturated rings. The van der Waals surface area contributed by atoms with Crippen molar-refractivity contribution in [3.63, 3.8) is 0 Å². The molecule has 3 heteroatoms. The molecule has 0 aliphatic heterocycles. The number of benzene rings is 1. The molecule has 0 spiro atoms. The zero-order valence-corrected chi connectivity index (χ0v) is 13.6. The second-order valence-corrected chi connectivity index (χ2v) is 6.80. The fourth-order valence-corrected chi connectivity index (χ4v) is 3.20. The maximum absolute atomic E-state index is 6.15. The number of unbranched alkanes of at least 4 members (excludes halogenated alkanes) is 1. The van der Waals surface area contributed by atoms with E-state index in [1.165, 1.54) is 17.5 Å². The average Bonchev–Trinajstić information content (AvgIpc) is 2.64. The topological polar surface area (TPSA) is 21.3 Å². The first-order chi connectivity index (χ1) is 9.54. The van der Waals surface area contributed by atoms with E-state index in [4.69, 9.17) is 16.3 Å². The van der Waals surface area contributed by atoms with Gasteiger partial charge in [-0.2, -0.15) is 0 Å². The number of halogens is 1. The molecular weight excluding hydrogens is 270 g/mol. The van der Waals surface area contributed by atoms with Crippen LogP contribution in [0.1, 0.15) is 50.8 Å². The molecule has 1 aliphatic carbocycles. The molecule has 0 bridgehead atoms. The van der Waals surface area contributed by atoms with Gasteiger partial charge in [-0.1, -0.05) is 44.9 Å². The van der Waals surface area contributed by atoms with Gasteiger partial charge >= 0.3 is 0 Å². The standard InChI is InChI=1S/C17H26ClNO/c1-4-5-9-20-10-8-19-16-15-11-14(18)7-6-13(15)12-17(16,2)3/h6-7,11,16,19H,4-5,8-10,12H2,1-3H3. The molecule has 1 aromatic rings. The molecule has 0 heterocycles. The summed E-state index contributed by atoms with van der Waals surface area (Å²) in [4.78, 5) is 0. The third-order valence-corrected chi connectivity index (χ3v) is 4.32. The van der Waals surface area contributed by atoms with Crippen molar-refractivity contribution in [2.45, 2.75) is 46.1 Å². The van der Waals surface area contributed by atoms with E-state index in [0.29, 0.717) is 6.04 Å². The van der Waals surface area contributed by atoms with Crippen LogP contribution in [0.25, 0.3) is 0 Å². The third kappa shape index (κ3) is 3.75. The maximum Gasteiger partial charge on any atom is 0.0591 e. The molecule has 0 saturated heterocycles. The monoisotopic (exact) mass is 295 g/mol. The Morgan fingerprint density at radius 1 is 1.35 bits per heavy atom. The highest BCUT2D eigenvalue weighted by molar-refractivity contribution is 6.30. The molecule has 1 N–H and O–H groups in total. The van der Waals surface area contributed by atoms with Gasteiger partial charge in [-0.25, -0.2) is 0 Å². The summed E-state index contributed by atoms with van der Waals surface area (Å²) < 4.78 is 5.63. The van der Waals surface area contributed by atoms with E-state index in [0.717, 1.165) is 37.6 Å². The molecule has 0 aromatic heterocycles. The molecule has 112 valence electrons. The van der Waals surface area contributed by atoms with Gasteiger partial charge in [0.25, 0.3) is 0 Å². The number of hydrogen-bond acceptors (Lipinski definition) is 2. The Bertz CT molecular complexity index is 445. The molecule has 1 atom stereocenters. The Balaban J connectivity index is 1.91. The van der Waals surface area contributed by atoms with Gasteiger partial charge in [0.05, 0.1) is 6.61 Å². The summed E-state index contributed by atoms with van der Waals surface area (Å²) >= 11 is 6.15. The van der Waals surface area contributed by atoms with Gasteiger partial charge in [0, 0.05) is 24.2 Å². The minimum Gasteiger partial charge on any atom is -0.380 e. The van der Waals surface area contributed by atoms with Crippen LogP contribution in [0.15, 0.2) is 18.2 Å². The van der Waals surface area contributed by atoms with Crippen LogP contribution in [0.3, 0.4) is 0 Å². The first kappa shape index (κ1) is 15.8. The van der Waals surface area contributed by atoms with Crippen LogP contribution in [-0.4, -0.2) is 19.8 Å². The van der Waals surface area contributed by atoms with Gasteiger partial charge in [0.1, 0.15) is 0 Å². The minimum atomic E-state index is 0.233. The molecule has 1 unspecified atom stereocenters. The van der Waals surface area contributed by atoms with Gasteiger partial charge in [-0.15, -0.1) is 0 Å². The highest BCUT2D eigenvalue weighted by atomic mass is 35.5. The summed E-state index contributed by atoms with van der Waals surface area (Å²) in [5.74, 6) is 0. The molecular formula is C17H26ClNO. The van der Waals surface area contributed by atoms with E-state index < -0.39 is 0 Å². The quantitative estimate of drug-likeness (QED) is 0.754. The molecule has 1 aliphatic rings. The van der Waals surface area contributed by atoms with Crippen molar-refractivity contribution in [2.24, 2.45) is 5.41 Å². The lowest BCUT2D eigenvalue weighted by Gasteiger charge is -2.28. The summed E-state index contributed by atoms with van der Waals surface area (Å²) in [6.07, 6.45) is 3.44. The second kappa shape index (κ2) is 6.93. The predicted octanol–water partition coefficient (Wildman–Crippen LogP) is 4.37. The molecule has 2 nitrogen and oxygen atoms in total. The summed E-state index contributed by atoms with van der Waals surface area (Å²) in [5.41, 5.74) is 3.01. The zero-order chi connectivity index (χ0) is 14.6. The zero-order valence-electron chi connectivity index (χ0n) is 12.8. The van der Waals surface area contributed by atoms with Crippen molar-refractivity contribution in [1.82, 2.24) is 5.32 Å². The molecule has 0 saturated carbocycles. The van der Waals surface area contributed by atoms with Crippen LogP contribution in [0.4, 0.5) is 0 Å². The van der Waals surface area contributed by atoms with Gasteiger partial charge in [0.2, 0.25) is 0 Å². The normalized spacial score (nSPS) is 20.1. The molecule has 0 amide bonds. The van der Waals surface area contributed by atoms with Crippen molar-refractivity contribution >= 4 is 11.6 Å². The van der Waals surface area contributed by atoms with Crippen LogP contribution < -0.4 is 5.32 Å². The van der Waals surface area contributed by atoms with Crippen LogP contribution in [0.5, 0.6) is 0 Å². The van der Waals surface area contributed by atoms with Gasteiger partial charge in [-0.3, -0.25) is 0 Å². The van der Waals surface area contributed by atoms with E-state index in [9.17, 15) is 0 Å². The number of fused-ring (bicyclic) bond motifs is 1. The van der Waals surface area contributed by atoms with Gasteiger partial charge in [0.15, 0.2) is 0 Å². The van der Waals surface area contributed by atoms with Crippen molar-refractivity contribution in [2.75, 3.05) is 19.8 Å². The largest absolute Gasteiger partial charge is 0.380 e. The van der Waals surface area contributed by atoms with Gasteiger partial charge < -0.3 is 10.1 Å². The minimum absolute atomic E-state index is 0.233.